The maximum atomic E-state index is 12.1. The van der Waals surface area contributed by atoms with Crippen LogP contribution >= 0.6 is 11.6 Å². The number of hydrogen-bond acceptors (Lipinski definition) is 6. The molecule has 7 nitrogen and oxygen atoms in total. The van der Waals surface area contributed by atoms with E-state index in [1.807, 2.05) is 0 Å². The number of nitrogens with zero attached hydrogens (tertiary/aromatic N) is 2. The lowest BCUT2D eigenvalue weighted by molar-refractivity contribution is 0.0600. The molecule has 3 rings (SSSR count). The number of aryl methyl sites for hydroxylation is 1. The third kappa shape index (κ3) is 3.57. The molecule has 0 aliphatic rings. The third-order valence-corrected chi connectivity index (χ3v) is 3.99. The van der Waals surface area contributed by atoms with Gasteiger partial charge in [0, 0.05) is 27.9 Å². The Morgan fingerprint density at radius 1 is 1.19 bits per heavy atom. The van der Waals surface area contributed by atoms with Crippen molar-refractivity contribution in [2.45, 2.75) is 6.92 Å². The van der Waals surface area contributed by atoms with E-state index in [4.69, 9.17) is 20.9 Å². The van der Waals surface area contributed by atoms with E-state index in [0.29, 0.717) is 33.1 Å². The molecule has 132 valence electrons. The Morgan fingerprint density at radius 2 is 2.00 bits per heavy atom. The molecule has 2 aromatic heterocycles. The van der Waals surface area contributed by atoms with Gasteiger partial charge < -0.3 is 14.6 Å². The van der Waals surface area contributed by atoms with Crippen molar-refractivity contribution in [3.8, 4) is 11.1 Å². The van der Waals surface area contributed by atoms with E-state index in [1.165, 1.54) is 13.3 Å². The highest BCUT2D eigenvalue weighted by Gasteiger charge is 2.15. The normalized spacial score (nSPS) is 10.4. The molecular weight excluding hydrogens is 358 g/mol. The number of rotatable bonds is 4. The van der Waals surface area contributed by atoms with Gasteiger partial charge >= 0.3 is 5.97 Å². The second-order valence-electron chi connectivity index (χ2n) is 5.41. The van der Waals surface area contributed by atoms with Crippen molar-refractivity contribution in [3.63, 3.8) is 0 Å². The van der Waals surface area contributed by atoms with Crippen molar-refractivity contribution in [1.82, 2.24) is 10.1 Å². The van der Waals surface area contributed by atoms with Gasteiger partial charge in [-0.2, -0.15) is 0 Å². The molecule has 0 aliphatic carbocycles. The van der Waals surface area contributed by atoms with Gasteiger partial charge in [0.05, 0.1) is 18.9 Å². The minimum Gasteiger partial charge on any atom is -0.465 e. The molecule has 0 saturated carbocycles. The first-order valence-corrected chi connectivity index (χ1v) is 7.94. The number of carbonyl (C=O) groups excluding carboxylic acids is 2. The van der Waals surface area contributed by atoms with Gasteiger partial charge in [0.25, 0.3) is 5.91 Å². The van der Waals surface area contributed by atoms with Crippen LogP contribution in [0.5, 0.6) is 0 Å². The van der Waals surface area contributed by atoms with Gasteiger partial charge in [0.15, 0.2) is 0 Å². The lowest BCUT2D eigenvalue weighted by atomic mass is 10.0. The van der Waals surface area contributed by atoms with Gasteiger partial charge in [-0.05, 0) is 37.3 Å². The summed E-state index contributed by atoms with van der Waals surface area (Å²) in [6, 6.07) is 8.18. The SMILES string of the molecule is COC(=O)c1ccc(Cl)c(-c2ccc(NC(=O)c3oncc3C)nc2)c1. The fourth-order valence-corrected chi connectivity index (χ4v) is 2.53. The van der Waals surface area contributed by atoms with Gasteiger partial charge in [-0.25, -0.2) is 9.78 Å². The first-order valence-electron chi connectivity index (χ1n) is 7.56. The number of anilines is 1. The van der Waals surface area contributed by atoms with Gasteiger partial charge in [-0.1, -0.05) is 16.8 Å². The Morgan fingerprint density at radius 3 is 2.62 bits per heavy atom. The first-order chi connectivity index (χ1) is 12.5. The summed E-state index contributed by atoms with van der Waals surface area (Å²) in [6.45, 7) is 1.72. The molecule has 0 atom stereocenters. The zero-order chi connectivity index (χ0) is 18.7. The van der Waals surface area contributed by atoms with Crippen LogP contribution in [0, 0.1) is 6.92 Å². The highest BCUT2D eigenvalue weighted by molar-refractivity contribution is 6.33. The first kappa shape index (κ1) is 17.6. The number of aromatic nitrogens is 2. The number of methoxy groups -OCH3 is 1. The number of halogens is 1. The number of ether oxygens (including phenoxy) is 1. The van der Waals surface area contributed by atoms with Crippen LogP contribution in [0.15, 0.2) is 47.2 Å². The van der Waals surface area contributed by atoms with Crippen LogP contribution < -0.4 is 5.32 Å². The lowest BCUT2D eigenvalue weighted by Crippen LogP contribution is -2.13. The number of nitrogens with one attached hydrogen (secondary N) is 1. The zero-order valence-electron chi connectivity index (χ0n) is 13.9. The van der Waals surface area contributed by atoms with Crippen molar-refractivity contribution in [3.05, 3.63) is 64.6 Å². The lowest BCUT2D eigenvalue weighted by Gasteiger charge is -2.08. The van der Waals surface area contributed by atoms with Crippen molar-refractivity contribution >= 4 is 29.3 Å². The summed E-state index contributed by atoms with van der Waals surface area (Å²) >= 11 is 6.22. The molecule has 0 fully saturated rings. The largest absolute Gasteiger partial charge is 0.465 e. The van der Waals surface area contributed by atoms with Crippen LogP contribution in [0.2, 0.25) is 5.02 Å². The van der Waals surface area contributed by atoms with Gasteiger partial charge in [-0.15, -0.1) is 0 Å². The minimum atomic E-state index is -0.456. The standard InChI is InChI=1S/C18H14ClN3O4/c1-10-8-21-26-16(10)17(23)22-15-6-4-12(9-20-15)13-7-11(18(24)25-2)3-5-14(13)19/h3-9H,1-2H3,(H,20,22,23). The summed E-state index contributed by atoms with van der Waals surface area (Å²) in [7, 11) is 1.31. The van der Waals surface area contributed by atoms with E-state index >= 15 is 0 Å². The van der Waals surface area contributed by atoms with E-state index in [1.54, 1.807) is 43.5 Å². The fourth-order valence-electron chi connectivity index (χ4n) is 2.30. The molecule has 3 aromatic rings. The van der Waals surface area contributed by atoms with E-state index < -0.39 is 11.9 Å². The molecule has 1 N–H and O–H groups in total. The van der Waals surface area contributed by atoms with E-state index in [-0.39, 0.29) is 5.76 Å². The number of esters is 1. The van der Waals surface area contributed by atoms with Crippen LogP contribution in [0.3, 0.4) is 0 Å². The molecule has 8 heteroatoms. The zero-order valence-corrected chi connectivity index (χ0v) is 14.7. The number of pyridine rings is 1. The Hall–Kier alpha value is -3.19. The van der Waals surface area contributed by atoms with Crippen molar-refractivity contribution in [2.24, 2.45) is 0 Å². The van der Waals surface area contributed by atoms with E-state index in [0.717, 1.165) is 0 Å². The number of carbonyl (C=O) groups is 2. The molecular formula is C18H14ClN3O4. The second kappa shape index (κ2) is 7.37. The predicted molar refractivity (Wildman–Crippen MR) is 95.2 cm³/mol. The summed E-state index contributed by atoms with van der Waals surface area (Å²) in [5.74, 6) is -0.423. The summed E-state index contributed by atoms with van der Waals surface area (Å²) in [5.41, 5.74) is 2.33. The van der Waals surface area contributed by atoms with Gasteiger partial charge in [-0.3, -0.25) is 4.79 Å². The number of amides is 1. The second-order valence-corrected chi connectivity index (χ2v) is 5.82. The van der Waals surface area contributed by atoms with Crippen LogP contribution in [0.1, 0.15) is 26.5 Å². The highest BCUT2D eigenvalue weighted by Crippen LogP contribution is 2.29. The molecule has 1 amide bonds. The summed E-state index contributed by atoms with van der Waals surface area (Å²) in [4.78, 5) is 28.0. The van der Waals surface area contributed by atoms with Crippen LogP contribution in [-0.2, 0) is 4.74 Å². The Bertz CT molecular complexity index is 967. The molecule has 0 saturated heterocycles. The average Bonchev–Trinajstić information content (AvgIpc) is 3.08. The fraction of sp³-hybridized carbons (Fsp3) is 0.111. The van der Waals surface area contributed by atoms with Crippen LogP contribution in [0.25, 0.3) is 11.1 Å². The molecule has 0 unspecified atom stereocenters. The van der Waals surface area contributed by atoms with Crippen LogP contribution in [0.4, 0.5) is 5.82 Å². The maximum absolute atomic E-state index is 12.1. The predicted octanol–water partition coefficient (Wildman–Crippen LogP) is 3.74. The monoisotopic (exact) mass is 371 g/mol. The number of hydrogen-bond donors (Lipinski definition) is 1. The van der Waals surface area contributed by atoms with Crippen molar-refractivity contribution < 1.29 is 18.8 Å². The van der Waals surface area contributed by atoms with Gasteiger partial charge in [0.1, 0.15) is 5.82 Å². The molecule has 26 heavy (non-hydrogen) atoms. The summed E-state index contributed by atoms with van der Waals surface area (Å²) < 4.78 is 9.62. The van der Waals surface area contributed by atoms with E-state index in [2.05, 4.69) is 15.5 Å². The van der Waals surface area contributed by atoms with Crippen molar-refractivity contribution in [1.29, 1.82) is 0 Å². The Kier molecular flexibility index (Phi) is 4.99. The Balaban J connectivity index is 1.83. The van der Waals surface area contributed by atoms with E-state index in [9.17, 15) is 9.59 Å². The number of benzene rings is 1. The minimum absolute atomic E-state index is 0.129. The maximum Gasteiger partial charge on any atom is 0.337 e. The molecule has 2 heterocycles. The Labute approximate surface area is 153 Å². The average molecular weight is 372 g/mol. The van der Waals surface area contributed by atoms with Crippen molar-refractivity contribution in [2.75, 3.05) is 12.4 Å². The molecule has 0 aliphatic heterocycles. The molecule has 0 bridgehead atoms. The van der Waals surface area contributed by atoms with Crippen LogP contribution in [-0.4, -0.2) is 29.1 Å². The summed E-state index contributed by atoms with van der Waals surface area (Å²) in [6.07, 6.45) is 3.01. The summed E-state index contributed by atoms with van der Waals surface area (Å²) in [5, 5.41) is 6.66. The topological polar surface area (TPSA) is 94.3 Å². The molecule has 0 spiro atoms. The third-order valence-electron chi connectivity index (χ3n) is 3.66. The smallest absolute Gasteiger partial charge is 0.337 e. The quantitative estimate of drug-likeness (QED) is 0.702. The van der Waals surface area contributed by atoms with Gasteiger partial charge in [0.2, 0.25) is 5.76 Å². The molecule has 1 aromatic carbocycles. The highest BCUT2D eigenvalue weighted by atomic mass is 35.5. The molecule has 0 radical (unpaired) electrons.